The molecule has 1 aliphatic heterocycles. The Balaban J connectivity index is 1.38. The number of allylic oxidation sites excluding steroid dienone is 1. The Hall–Kier alpha value is -6.02. The molecule has 0 bridgehead atoms. The number of nitro groups is 1. The maximum atomic E-state index is 13.9. The van der Waals surface area contributed by atoms with E-state index in [9.17, 15) is 25.1 Å². The van der Waals surface area contributed by atoms with Gasteiger partial charge in [0.2, 0.25) is 5.79 Å². The Bertz CT molecular complexity index is 2260. The van der Waals surface area contributed by atoms with Crippen molar-refractivity contribution in [3.8, 4) is 28.4 Å². The monoisotopic (exact) mass is 873 g/mol. The summed E-state index contributed by atoms with van der Waals surface area (Å²) in [6.07, 6.45) is 8.69. The molecule has 4 aromatic rings. The zero-order chi connectivity index (χ0) is 45.1. The summed E-state index contributed by atoms with van der Waals surface area (Å²) in [7, 11) is 1.37. The molecule has 0 saturated heterocycles. The topological polar surface area (TPSA) is 162 Å². The van der Waals surface area contributed by atoms with Gasteiger partial charge in [-0.1, -0.05) is 79.5 Å². The van der Waals surface area contributed by atoms with Crippen LogP contribution in [0.3, 0.4) is 0 Å². The third-order valence-electron chi connectivity index (χ3n) is 12.6. The van der Waals surface area contributed by atoms with Crippen molar-refractivity contribution >= 4 is 17.5 Å². The van der Waals surface area contributed by atoms with E-state index in [-0.39, 0.29) is 56.3 Å². The summed E-state index contributed by atoms with van der Waals surface area (Å²) in [4.78, 5) is 32.6. The van der Waals surface area contributed by atoms with E-state index >= 15 is 0 Å². The van der Waals surface area contributed by atoms with E-state index in [4.69, 9.17) is 28.9 Å². The van der Waals surface area contributed by atoms with Crippen LogP contribution in [0, 0.1) is 27.9 Å². The van der Waals surface area contributed by atoms with E-state index in [2.05, 4.69) is 30.9 Å². The van der Waals surface area contributed by atoms with Crippen molar-refractivity contribution < 1.29 is 43.7 Å². The molecule has 6 atom stereocenters. The van der Waals surface area contributed by atoms with Gasteiger partial charge >= 0.3 is 6.09 Å². The van der Waals surface area contributed by atoms with Crippen LogP contribution in [0.1, 0.15) is 75.3 Å². The highest BCUT2D eigenvalue weighted by atomic mass is 16.7. The third kappa shape index (κ3) is 10.0. The molecule has 0 unspecified atom stereocenters. The van der Waals surface area contributed by atoms with E-state index in [0.29, 0.717) is 54.3 Å². The predicted molar refractivity (Wildman–Crippen MR) is 244 cm³/mol. The van der Waals surface area contributed by atoms with Crippen LogP contribution in [-0.4, -0.2) is 77.1 Å². The van der Waals surface area contributed by atoms with Gasteiger partial charge in [0, 0.05) is 49.8 Å². The number of unbranched alkanes of at least 4 members (excludes halogenated alkanes) is 2. The number of ether oxygens (including phenoxy) is 4. The number of rotatable bonds is 21. The number of oxime groups is 1. The number of non-ortho nitro benzene ring substituents is 1. The molecule has 1 heterocycles. The summed E-state index contributed by atoms with van der Waals surface area (Å²) < 4.78 is 26.3. The third-order valence-corrected chi connectivity index (χ3v) is 12.6. The number of nitro benzene ring substituents is 1. The van der Waals surface area contributed by atoms with Crippen molar-refractivity contribution in [1.82, 2.24) is 4.90 Å². The molecule has 4 aromatic carbocycles. The Labute approximate surface area is 375 Å². The van der Waals surface area contributed by atoms with E-state index in [0.717, 1.165) is 47.9 Å². The van der Waals surface area contributed by atoms with E-state index in [1.807, 2.05) is 61.5 Å². The summed E-state index contributed by atoms with van der Waals surface area (Å²) >= 11 is 0. The van der Waals surface area contributed by atoms with E-state index < -0.39 is 28.8 Å². The van der Waals surface area contributed by atoms with Crippen molar-refractivity contribution in [3.05, 3.63) is 143 Å². The summed E-state index contributed by atoms with van der Waals surface area (Å²) in [5.41, 5.74) is 5.31. The first-order chi connectivity index (χ1) is 31.2. The molecule has 2 N–H and O–H groups in total. The fourth-order valence-electron chi connectivity index (χ4n) is 9.83. The van der Waals surface area contributed by atoms with Gasteiger partial charge in [0.1, 0.15) is 29.9 Å². The highest BCUT2D eigenvalue weighted by Crippen LogP contribution is 2.62. The number of hydrogen-bond acceptors (Lipinski definition) is 11. The molecular formula is C51H59N3O10. The second-order valence-corrected chi connectivity index (χ2v) is 16.6. The lowest BCUT2D eigenvalue weighted by Gasteiger charge is -2.59. The van der Waals surface area contributed by atoms with Crippen LogP contribution in [0.25, 0.3) is 11.1 Å². The number of benzene rings is 4. The first-order valence-electron chi connectivity index (χ1n) is 22.4. The van der Waals surface area contributed by atoms with E-state index in [1.165, 1.54) is 19.2 Å². The van der Waals surface area contributed by atoms with Gasteiger partial charge in [-0.15, -0.1) is 6.58 Å². The Morgan fingerprint density at radius 1 is 0.953 bits per heavy atom. The van der Waals surface area contributed by atoms with Crippen molar-refractivity contribution in [2.45, 2.75) is 82.6 Å². The molecule has 1 amide bonds. The van der Waals surface area contributed by atoms with Gasteiger partial charge in [-0.2, -0.15) is 0 Å². The van der Waals surface area contributed by atoms with Gasteiger partial charge in [0.15, 0.2) is 0 Å². The Morgan fingerprint density at radius 2 is 1.66 bits per heavy atom. The number of aliphatic hydroxyl groups excluding tert-OH is 2. The smallest absolute Gasteiger partial charge is 0.409 e. The second kappa shape index (κ2) is 21.6. The van der Waals surface area contributed by atoms with Crippen LogP contribution in [0.5, 0.6) is 17.2 Å². The average molecular weight is 874 g/mol. The molecule has 0 aromatic heterocycles. The SMILES string of the molecule is C=CCO[C@@]12Oc3ccc(Oc4ccc(-c5ccccc5)cc4)cc3[C@H]3[C@H](CCCCO)[C@@H](CCCCO)C=C(C(=NOCc4ccc([N+](=O)[O-])cc4)C[C@@H]1N(CCC)C(=O)OC)[C@H]32. The standard InChI is InChI=1S/C51H59N3O10/c1-4-27-53(50(57)60-3)47-33-45(52-62-34-35-17-21-39(22-18-35)54(58)59)43-31-38(15-9-11-28-55)42(16-10-12-29-56)48-44-32-41(25-26-46(44)64-51(47,49(43)48)61-30-5-2)63-40-23-19-37(20-24-40)36-13-7-6-8-14-36/h5-8,13-14,17-26,31-32,38,42,47-49,55-56H,2,4,9-12,15-16,27-30,33-34H2,1,3H3/t38-,42+,47-,48+,49+,51+/m0/s1. The molecule has 338 valence electrons. The number of hydrogen-bond donors (Lipinski definition) is 2. The molecule has 0 spiro atoms. The zero-order valence-corrected chi connectivity index (χ0v) is 36.7. The van der Waals surface area contributed by atoms with Crippen molar-refractivity contribution in [2.24, 2.45) is 22.9 Å². The number of methoxy groups -OCH3 is 1. The lowest BCUT2D eigenvalue weighted by Crippen LogP contribution is -2.70. The van der Waals surface area contributed by atoms with Gasteiger partial charge in [-0.05, 0) is 109 Å². The number of carbonyl (C=O) groups excluding carboxylic acids is 1. The van der Waals surface area contributed by atoms with Crippen LogP contribution in [0.15, 0.2) is 127 Å². The molecule has 1 fully saturated rings. The highest BCUT2D eigenvalue weighted by molar-refractivity contribution is 6.03. The summed E-state index contributed by atoms with van der Waals surface area (Å²) in [6.45, 7) is 6.68. The van der Waals surface area contributed by atoms with Crippen LogP contribution in [0.2, 0.25) is 0 Å². The van der Waals surface area contributed by atoms with Crippen molar-refractivity contribution in [2.75, 3.05) is 33.5 Å². The molecule has 0 radical (unpaired) electrons. The van der Waals surface area contributed by atoms with Crippen LogP contribution < -0.4 is 9.47 Å². The maximum absolute atomic E-state index is 13.9. The van der Waals surface area contributed by atoms with Gasteiger partial charge in [0.25, 0.3) is 5.69 Å². The van der Waals surface area contributed by atoms with Crippen molar-refractivity contribution in [1.29, 1.82) is 0 Å². The lowest BCUT2D eigenvalue weighted by atomic mass is 9.55. The molecule has 7 rings (SSSR count). The fourth-order valence-corrected chi connectivity index (χ4v) is 9.83. The largest absolute Gasteiger partial charge is 0.459 e. The number of aliphatic hydroxyl groups is 2. The number of amides is 1. The molecular weight excluding hydrogens is 815 g/mol. The quantitative estimate of drug-likeness (QED) is 0.0357. The molecule has 1 saturated carbocycles. The van der Waals surface area contributed by atoms with Gasteiger partial charge in [0.05, 0.1) is 30.3 Å². The Morgan fingerprint density at radius 3 is 2.33 bits per heavy atom. The van der Waals surface area contributed by atoms with Gasteiger partial charge in [-0.25, -0.2) is 4.79 Å². The second-order valence-electron chi connectivity index (χ2n) is 16.6. The van der Waals surface area contributed by atoms with Gasteiger partial charge < -0.3 is 34.0 Å². The van der Waals surface area contributed by atoms with Crippen LogP contribution >= 0.6 is 0 Å². The number of nitrogens with zero attached hydrogens (tertiary/aromatic N) is 3. The number of fused-ring (bicyclic) bond motifs is 2. The highest BCUT2D eigenvalue weighted by Gasteiger charge is 2.65. The first kappa shape index (κ1) is 46.0. The molecule has 13 heteroatoms. The summed E-state index contributed by atoms with van der Waals surface area (Å²) in [5.74, 6) is -0.226. The van der Waals surface area contributed by atoms with E-state index in [1.54, 1.807) is 23.1 Å². The lowest BCUT2D eigenvalue weighted by molar-refractivity contribution is -0.384. The van der Waals surface area contributed by atoms with Gasteiger partial charge in [-0.3, -0.25) is 15.0 Å². The average Bonchev–Trinajstić information content (AvgIpc) is 3.32. The predicted octanol–water partition coefficient (Wildman–Crippen LogP) is 10.4. The molecule has 64 heavy (non-hydrogen) atoms. The fraction of sp³-hybridized carbons (Fsp3) is 0.412. The zero-order valence-electron chi connectivity index (χ0n) is 36.7. The molecule has 2 aliphatic carbocycles. The van der Waals surface area contributed by atoms with Crippen LogP contribution in [-0.2, 0) is 20.9 Å². The Kier molecular flexibility index (Phi) is 15.5. The molecule has 13 nitrogen and oxygen atoms in total. The number of carbonyl (C=O) groups is 1. The normalized spacial score (nSPS) is 22.6. The summed E-state index contributed by atoms with van der Waals surface area (Å²) in [6, 6.07) is 29.5. The molecule has 3 aliphatic rings. The maximum Gasteiger partial charge on any atom is 0.409 e. The van der Waals surface area contributed by atoms with Crippen molar-refractivity contribution in [3.63, 3.8) is 0 Å². The minimum absolute atomic E-state index is 0.0209. The minimum Gasteiger partial charge on any atom is -0.459 e. The minimum atomic E-state index is -1.43. The van der Waals surface area contributed by atoms with Crippen LogP contribution in [0.4, 0.5) is 10.5 Å². The summed E-state index contributed by atoms with van der Waals surface area (Å²) in [5, 5.41) is 36.1. The first-order valence-corrected chi connectivity index (χ1v) is 22.4.